The number of rotatable bonds is 7. The lowest BCUT2D eigenvalue weighted by Crippen LogP contribution is -2.46. The van der Waals surface area contributed by atoms with E-state index in [1.165, 1.54) is 22.1 Å². The van der Waals surface area contributed by atoms with Crippen molar-refractivity contribution in [2.24, 2.45) is 0 Å². The maximum Gasteiger partial charge on any atom is 0.280 e. The molecule has 132 valence electrons. The molecule has 26 heavy (non-hydrogen) atoms. The topological polar surface area (TPSA) is 68.1 Å². The summed E-state index contributed by atoms with van der Waals surface area (Å²) in [4.78, 5) is 33.4. The number of hydrogen-bond donors (Lipinski definition) is 0. The van der Waals surface area contributed by atoms with Gasteiger partial charge in [0.05, 0.1) is 10.9 Å². The SMILES string of the molecule is C=CC(=O)N(CCCCc1cccnc1)n1cnc2ccccc2c1=O. The molecule has 0 fully saturated rings. The third-order valence-electron chi connectivity index (χ3n) is 4.15. The van der Waals surface area contributed by atoms with Crippen LogP contribution in [0.1, 0.15) is 18.4 Å². The lowest BCUT2D eigenvalue weighted by Gasteiger charge is -2.23. The Balaban J connectivity index is 1.76. The summed E-state index contributed by atoms with van der Waals surface area (Å²) in [5, 5.41) is 1.87. The third kappa shape index (κ3) is 3.85. The first-order chi connectivity index (χ1) is 12.7. The number of pyridine rings is 1. The van der Waals surface area contributed by atoms with Gasteiger partial charge < -0.3 is 0 Å². The molecule has 0 saturated carbocycles. The average Bonchev–Trinajstić information content (AvgIpc) is 2.69. The van der Waals surface area contributed by atoms with Crippen LogP contribution in [0.5, 0.6) is 0 Å². The van der Waals surface area contributed by atoms with Crippen LogP contribution in [0.15, 0.2) is 72.6 Å². The summed E-state index contributed by atoms with van der Waals surface area (Å²) in [6, 6.07) is 11.0. The highest BCUT2D eigenvalue weighted by Gasteiger charge is 2.15. The molecular weight excluding hydrogens is 328 g/mol. The third-order valence-corrected chi connectivity index (χ3v) is 4.15. The van der Waals surface area contributed by atoms with Gasteiger partial charge in [0, 0.05) is 18.9 Å². The molecule has 1 amide bonds. The molecular formula is C20H20N4O2. The fourth-order valence-electron chi connectivity index (χ4n) is 2.80. The van der Waals surface area contributed by atoms with Crippen molar-refractivity contribution >= 4 is 16.8 Å². The van der Waals surface area contributed by atoms with Gasteiger partial charge in [-0.15, -0.1) is 0 Å². The van der Waals surface area contributed by atoms with Crippen LogP contribution in [0.25, 0.3) is 10.9 Å². The van der Waals surface area contributed by atoms with E-state index in [2.05, 4.69) is 16.5 Å². The van der Waals surface area contributed by atoms with Crippen molar-refractivity contribution in [1.29, 1.82) is 0 Å². The monoisotopic (exact) mass is 348 g/mol. The van der Waals surface area contributed by atoms with Gasteiger partial charge in [-0.2, -0.15) is 0 Å². The van der Waals surface area contributed by atoms with E-state index in [9.17, 15) is 9.59 Å². The quantitative estimate of drug-likeness (QED) is 0.486. The Morgan fingerprint density at radius 2 is 2.04 bits per heavy atom. The Hall–Kier alpha value is -3.28. The minimum atomic E-state index is -0.328. The average molecular weight is 348 g/mol. The standard InChI is InChI=1S/C20H20N4O2/c1-2-19(25)23(13-6-5-8-16-9-7-12-21-14-16)24-15-22-18-11-4-3-10-17(18)20(24)26/h2-4,7,9-12,14-15H,1,5-6,8,13H2. The summed E-state index contributed by atoms with van der Waals surface area (Å²) < 4.78 is 1.27. The fourth-order valence-corrected chi connectivity index (χ4v) is 2.80. The molecule has 0 saturated heterocycles. The minimum absolute atomic E-state index is 0.266. The van der Waals surface area contributed by atoms with Gasteiger partial charge in [-0.1, -0.05) is 24.8 Å². The van der Waals surface area contributed by atoms with Crippen molar-refractivity contribution in [2.75, 3.05) is 11.6 Å². The minimum Gasteiger partial charge on any atom is -0.268 e. The predicted octanol–water partition coefficient (Wildman–Crippen LogP) is 2.47. The Labute approximate surface area is 151 Å². The number of hydrogen-bond acceptors (Lipinski definition) is 4. The molecule has 0 unspecified atom stereocenters. The van der Waals surface area contributed by atoms with Gasteiger partial charge in [-0.25, -0.2) is 14.7 Å². The molecule has 0 aliphatic rings. The highest BCUT2D eigenvalue weighted by Crippen LogP contribution is 2.07. The maximum absolute atomic E-state index is 12.7. The van der Waals surface area contributed by atoms with E-state index in [0.717, 1.165) is 24.8 Å². The number of amides is 1. The summed E-state index contributed by atoms with van der Waals surface area (Å²) >= 11 is 0. The van der Waals surface area contributed by atoms with E-state index in [1.807, 2.05) is 24.4 Å². The highest BCUT2D eigenvalue weighted by atomic mass is 16.2. The zero-order valence-electron chi connectivity index (χ0n) is 14.4. The van der Waals surface area contributed by atoms with Crippen molar-refractivity contribution in [1.82, 2.24) is 14.6 Å². The number of unbranched alkanes of at least 4 members (excludes halogenated alkanes) is 1. The summed E-state index contributed by atoms with van der Waals surface area (Å²) in [7, 11) is 0. The van der Waals surface area contributed by atoms with Crippen LogP contribution in [0, 0.1) is 0 Å². The molecule has 2 heterocycles. The van der Waals surface area contributed by atoms with Crippen LogP contribution in [0.3, 0.4) is 0 Å². The largest absolute Gasteiger partial charge is 0.280 e. The number of fused-ring (bicyclic) bond motifs is 1. The highest BCUT2D eigenvalue weighted by molar-refractivity contribution is 5.95. The van der Waals surface area contributed by atoms with E-state index in [4.69, 9.17) is 0 Å². The summed E-state index contributed by atoms with van der Waals surface area (Å²) in [6.45, 7) is 3.95. The molecule has 6 nitrogen and oxygen atoms in total. The van der Waals surface area contributed by atoms with Gasteiger partial charge in [0.2, 0.25) is 0 Å². The lowest BCUT2D eigenvalue weighted by molar-refractivity contribution is -0.115. The normalized spacial score (nSPS) is 10.6. The van der Waals surface area contributed by atoms with Crippen molar-refractivity contribution in [2.45, 2.75) is 19.3 Å². The van der Waals surface area contributed by atoms with E-state index in [0.29, 0.717) is 17.4 Å². The van der Waals surface area contributed by atoms with E-state index in [1.54, 1.807) is 24.4 Å². The first-order valence-corrected chi connectivity index (χ1v) is 8.50. The van der Waals surface area contributed by atoms with E-state index in [-0.39, 0.29) is 11.5 Å². The molecule has 6 heteroatoms. The number of para-hydroxylation sites is 1. The van der Waals surface area contributed by atoms with Crippen LogP contribution in [-0.2, 0) is 11.2 Å². The van der Waals surface area contributed by atoms with Crippen LogP contribution >= 0.6 is 0 Å². The Morgan fingerprint density at radius 3 is 2.81 bits per heavy atom. The first-order valence-electron chi connectivity index (χ1n) is 8.50. The zero-order chi connectivity index (χ0) is 18.4. The second-order valence-electron chi connectivity index (χ2n) is 5.90. The molecule has 3 rings (SSSR count). The van der Waals surface area contributed by atoms with Gasteiger partial charge in [0.25, 0.3) is 11.5 Å². The van der Waals surface area contributed by atoms with Crippen LogP contribution in [0.2, 0.25) is 0 Å². The Kier molecular flexibility index (Phi) is 5.53. The molecule has 0 bridgehead atoms. The molecule has 0 atom stereocenters. The van der Waals surface area contributed by atoms with Crippen molar-refractivity contribution in [3.63, 3.8) is 0 Å². The molecule has 0 aliphatic carbocycles. The number of aryl methyl sites for hydroxylation is 1. The second kappa shape index (κ2) is 8.20. The smallest absolute Gasteiger partial charge is 0.268 e. The van der Waals surface area contributed by atoms with Crippen molar-refractivity contribution < 1.29 is 4.79 Å². The maximum atomic E-state index is 12.7. The predicted molar refractivity (Wildman–Crippen MR) is 101 cm³/mol. The van der Waals surface area contributed by atoms with Gasteiger partial charge in [-0.3, -0.25) is 14.6 Å². The molecule has 3 aromatic rings. The Morgan fingerprint density at radius 1 is 1.19 bits per heavy atom. The number of nitrogens with zero attached hydrogens (tertiary/aromatic N) is 4. The molecule has 0 aliphatic heterocycles. The van der Waals surface area contributed by atoms with Gasteiger partial charge in [0.15, 0.2) is 0 Å². The van der Waals surface area contributed by atoms with Gasteiger partial charge in [-0.05, 0) is 49.1 Å². The molecule has 0 N–H and O–H groups in total. The zero-order valence-corrected chi connectivity index (χ0v) is 14.4. The van der Waals surface area contributed by atoms with Crippen LogP contribution in [-0.4, -0.2) is 27.1 Å². The first kappa shape index (κ1) is 17.5. The van der Waals surface area contributed by atoms with Gasteiger partial charge in [0.1, 0.15) is 6.33 Å². The van der Waals surface area contributed by atoms with Crippen molar-refractivity contribution in [3.8, 4) is 0 Å². The lowest BCUT2D eigenvalue weighted by atomic mass is 10.1. The summed E-state index contributed by atoms with van der Waals surface area (Å²) in [5.41, 5.74) is 1.49. The number of carbonyl (C=O) groups is 1. The fraction of sp³-hybridized carbons (Fsp3) is 0.200. The molecule has 2 aromatic heterocycles. The van der Waals surface area contributed by atoms with Crippen molar-refractivity contribution in [3.05, 3.63) is 83.7 Å². The van der Waals surface area contributed by atoms with E-state index >= 15 is 0 Å². The molecule has 1 aromatic carbocycles. The van der Waals surface area contributed by atoms with E-state index < -0.39 is 0 Å². The van der Waals surface area contributed by atoms with Crippen LogP contribution < -0.4 is 10.6 Å². The summed E-state index contributed by atoms with van der Waals surface area (Å²) in [5.74, 6) is -0.328. The number of carbonyl (C=O) groups excluding carboxylic acids is 1. The number of aromatic nitrogens is 3. The Bertz CT molecular complexity index is 966. The summed E-state index contributed by atoms with van der Waals surface area (Å²) in [6.07, 6.45) is 8.68. The molecule has 0 spiro atoms. The molecule has 0 radical (unpaired) electrons. The van der Waals surface area contributed by atoms with Gasteiger partial charge >= 0.3 is 0 Å². The number of benzene rings is 1. The second-order valence-corrected chi connectivity index (χ2v) is 5.90. The van der Waals surface area contributed by atoms with Crippen LogP contribution in [0.4, 0.5) is 0 Å².